The van der Waals surface area contributed by atoms with Gasteiger partial charge in [-0.3, -0.25) is 0 Å². The van der Waals surface area contributed by atoms with E-state index in [1.807, 2.05) is 30.7 Å². The average Bonchev–Trinajstić information content (AvgIpc) is 2.55. The van der Waals surface area contributed by atoms with Crippen molar-refractivity contribution in [3.8, 4) is 0 Å². The van der Waals surface area contributed by atoms with Crippen LogP contribution in [0.5, 0.6) is 0 Å². The van der Waals surface area contributed by atoms with Crippen molar-refractivity contribution in [2.75, 3.05) is 7.05 Å². The molecule has 1 atom stereocenters. The third kappa shape index (κ3) is 1.84. The number of rotatable bonds is 3. The van der Waals surface area contributed by atoms with Crippen molar-refractivity contribution in [1.29, 1.82) is 0 Å². The molecule has 1 N–H and O–H groups in total. The van der Waals surface area contributed by atoms with Crippen LogP contribution in [0.2, 0.25) is 0 Å². The van der Waals surface area contributed by atoms with Crippen LogP contribution in [0, 0.1) is 0 Å². The lowest BCUT2D eigenvalue weighted by Gasteiger charge is -2.27. The van der Waals surface area contributed by atoms with Gasteiger partial charge in [-0.25, -0.2) is 4.39 Å². The third-order valence-electron chi connectivity index (χ3n) is 2.11. The van der Waals surface area contributed by atoms with Gasteiger partial charge >= 0.3 is 0 Å². The van der Waals surface area contributed by atoms with E-state index in [9.17, 15) is 4.39 Å². The van der Waals surface area contributed by atoms with Crippen LogP contribution in [0.25, 0.3) is 0 Å². The lowest BCUT2D eigenvalue weighted by Crippen LogP contribution is -2.40. The Labute approximate surface area is 76.6 Å². The number of hydrogen-bond acceptors (Lipinski definition) is 2. The van der Waals surface area contributed by atoms with Crippen LogP contribution in [0.3, 0.4) is 0 Å². The number of nitrogens with one attached hydrogen (secondary N) is 1. The van der Waals surface area contributed by atoms with Crippen LogP contribution >= 0.6 is 11.3 Å². The number of likely N-dealkylation sites (N-methyl/N-ethyl adjacent to an activating group) is 1. The molecular formula is C9H14FNS. The van der Waals surface area contributed by atoms with Gasteiger partial charge in [0.25, 0.3) is 0 Å². The minimum Gasteiger partial charge on any atom is -0.312 e. The van der Waals surface area contributed by atoms with Gasteiger partial charge in [0.2, 0.25) is 0 Å². The second-order valence-corrected chi connectivity index (χ2v) is 4.17. The molecule has 1 nitrogen and oxygen atoms in total. The van der Waals surface area contributed by atoms with Gasteiger partial charge in [0.15, 0.2) is 0 Å². The SMILES string of the molecule is CNC(C)(C)C(F)c1ccsc1. The van der Waals surface area contributed by atoms with Gasteiger partial charge in [0, 0.05) is 5.54 Å². The van der Waals surface area contributed by atoms with Gasteiger partial charge in [-0.2, -0.15) is 11.3 Å². The first kappa shape index (κ1) is 9.68. The van der Waals surface area contributed by atoms with Crippen molar-refractivity contribution in [3.05, 3.63) is 22.4 Å². The fourth-order valence-electron chi connectivity index (χ4n) is 0.963. The molecule has 0 saturated heterocycles. The molecule has 1 unspecified atom stereocenters. The normalized spacial score (nSPS) is 14.7. The molecule has 0 fully saturated rings. The van der Waals surface area contributed by atoms with Crippen molar-refractivity contribution in [2.45, 2.75) is 25.6 Å². The van der Waals surface area contributed by atoms with Crippen molar-refractivity contribution in [1.82, 2.24) is 5.32 Å². The molecular weight excluding hydrogens is 173 g/mol. The van der Waals surface area contributed by atoms with Gasteiger partial charge < -0.3 is 5.32 Å². The standard InChI is InChI=1S/C9H14FNS/c1-9(2,11-3)8(10)7-4-5-12-6-7/h4-6,8,11H,1-3H3. The van der Waals surface area contributed by atoms with E-state index in [0.717, 1.165) is 5.56 Å². The van der Waals surface area contributed by atoms with E-state index in [1.54, 1.807) is 7.05 Å². The number of hydrogen-bond donors (Lipinski definition) is 1. The predicted molar refractivity (Wildman–Crippen MR) is 51.3 cm³/mol. The van der Waals surface area contributed by atoms with Crippen molar-refractivity contribution in [2.24, 2.45) is 0 Å². The summed E-state index contributed by atoms with van der Waals surface area (Å²) in [6, 6.07) is 1.83. The average molecular weight is 187 g/mol. The molecule has 0 bridgehead atoms. The minimum absolute atomic E-state index is 0.485. The van der Waals surface area contributed by atoms with Crippen molar-refractivity contribution < 1.29 is 4.39 Å². The highest BCUT2D eigenvalue weighted by molar-refractivity contribution is 7.07. The molecule has 0 radical (unpaired) electrons. The van der Waals surface area contributed by atoms with E-state index < -0.39 is 11.7 Å². The first-order valence-electron chi connectivity index (χ1n) is 3.93. The first-order valence-corrected chi connectivity index (χ1v) is 4.87. The van der Waals surface area contributed by atoms with Gasteiger partial charge in [0.05, 0.1) is 0 Å². The zero-order chi connectivity index (χ0) is 9.19. The lowest BCUT2D eigenvalue weighted by molar-refractivity contribution is 0.191. The minimum atomic E-state index is -0.936. The highest BCUT2D eigenvalue weighted by atomic mass is 32.1. The molecule has 0 spiro atoms. The summed E-state index contributed by atoms with van der Waals surface area (Å²) in [7, 11) is 1.78. The summed E-state index contributed by atoms with van der Waals surface area (Å²) >= 11 is 1.53. The van der Waals surface area contributed by atoms with E-state index in [1.165, 1.54) is 11.3 Å². The van der Waals surface area contributed by atoms with Crippen LogP contribution in [0.4, 0.5) is 4.39 Å². The highest BCUT2D eigenvalue weighted by Crippen LogP contribution is 2.30. The Morgan fingerprint density at radius 3 is 2.67 bits per heavy atom. The quantitative estimate of drug-likeness (QED) is 0.767. The smallest absolute Gasteiger partial charge is 0.143 e. The fourth-order valence-corrected chi connectivity index (χ4v) is 1.63. The molecule has 0 aliphatic heterocycles. The topological polar surface area (TPSA) is 12.0 Å². The summed E-state index contributed by atoms with van der Waals surface area (Å²) < 4.78 is 13.7. The summed E-state index contributed by atoms with van der Waals surface area (Å²) in [5.74, 6) is 0. The molecule has 0 aliphatic rings. The monoisotopic (exact) mass is 187 g/mol. The maximum Gasteiger partial charge on any atom is 0.143 e. The van der Waals surface area contributed by atoms with E-state index in [4.69, 9.17) is 0 Å². The first-order chi connectivity index (χ1) is 5.58. The fraction of sp³-hybridized carbons (Fsp3) is 0.556. The maximum absolute atomic E-state index is 13.7. The third-order valence-corrected chi connectivity index (χ3v) is 2.82. The molecule has 0 aromatic carbocycles. The summed E-state index contributed by atoms with van der Waals surface area (Å²) in [6.07, 6.45) is -0.936. The van der Waals surface area contributed by atoms with E-state index in [-0.39, 0.29) is 0 Å². The summed E-state index contributed by atoms with van der Waals surface area (Å²) in [6.45, 7) is 3.71. The predicted octanol–water partition coefficient (Wildman–Crippen LogP) is 2.76. The Hall–Kier alpha value is -0.410. The largest absolute Gasteiger partial charge is 0.312 e. The zero-order valence-corrected chi connectivity index (χ0v) is 8.41. The Morgan fingerprint density at radius 2 is 2.25 bits per heavy atom. The molecule has 0 saturated carbocycles. The maximum atomic E-state index is 13.7. The number of alkyl halides is 1. The Kier molecular flexibility index (Phi) is 2.85. The van der Waals surface area contributed by atoms with E-state index in [2.05, 4.69) is 5.32 Å². The molecule has 1 heterocycles. The van der Waals surface area contributed by atoms with Crippen LogP contribution in [-0.2, 0) is 0 Å². The van der Waals surface area contributed by atoms with E-state index in [0.29, 0.717) is 0 Å². The Bertz CT molecular complexity index is 231. The second kappa shape index (κ2) is 3.54. The zero-order valence-electron chi connectivity index (χ0n) is 7.60. The molecule has 0 amide bonds. The lowest BCUT2D eigenvalue weighted by atomic mass is 9.95. The molecule has 1 aromatic heterocycles. The molecule has 68 valence electrons. The van der Waals surface area contributed by atoms with Crippen LogP contribution in [-0.4, -0.2) is 12.6 Å². The molecule has 12 heavy (non-hydrogen) atoms. The molecule has 0 aliphatic carbocycles. The number of halogens is 1. The van der Waals surface area contributed by atoms with Gasteiger partial charge in [-0.1, -0.05) is 0 Å². The Morgan fingerprint density at radius 1 is 1.58 bits per heavy atom. The van der Waals surface area contributed by atoms with Gasteiger partial charge in [-0.15, -0.1) is 0 Å². The Balaban J connectivity index is 2.78. The highest BCUT2D eigenvalue weighted by Gasteiger charge is 2.29. The van der Waals surface area contributed by atoms with E-state index >= 15 is 0 Å². The molecule has 1 rings (SSSR count). The van der Waals surface area contributed by atoms with Gasteiger partial charge in [-0.05, 0) is 43.3 Å². The van der Waals surface area contributed by atoms with Crippen LogP contribution < -0.4 is 5.32 Å². The molecule has 1 aromatic rings. The van der Waals surface area contributed by atoms with Crippen LogP contribution in [0.15, 0.2) is 16.8 Å². The van der Waals surface area contributed by atoms with Gasteiger partial charge in [0.1, 0.15) is 6.17 Å². The van der Waals surface area contributed by atoms with Crippen LogP contribution in [0.1, 0.15) is 25.6 Å². The second-order valence-electron chi connectivity index (χ2n) is 3.39. The van der Waals surface area contributed by atoms with Crippen molar-refractivity contribution in [3.63, 3.8) is 0 Å². The summed E-state index contributed by atoms with van der Waals surface area (Å²) in [5.41, 5.74) is 0.278. The number of thiophene rings is 1. The van der Waals surface area contributed by atoms with Crippen molar-refractivity contribution >= 4 is 11.3 Å². The summed E-state index contributed by atoms with van der Waals surface area (Å²) in [4.78, 5) is 0. The molecule has 3 heteroatoms. The summed E-state index contributed by atoms with van der Waals surface area (Å²) in [5, 5.41) is 6.71.